The average molecular weight is 482 g/mol. The van der Waals surface area contributed by atoms with Gasteiger partial charge < -0.3 is 20.1 Å². The number of benzene rings is 2. The summed E-state index contributed by atoms with van der Waals surface area (Å²) in [5.74, 6) is -0.802. The van der Waals surface area contributed by atoms with Crippen molar-refractivity contribution in [2.75, 3.05) is 13.1 Å². The van der Waals surface area contributed by atoms with E-state index >= 15 is 0 Å². The Balaban J connectivity index is 1.59. The van der Waals surface area contributed by atoms with Crippen LogP contribution in [0.3, 0.4) is 0 Å². The topological polar surface area (TPSA) is 114 Å². The standard InChI is InChI=1S/C26H31N3O6/c1-26(2,3)35-24(32)27-15-9-12-19(28-25(33)34-17-18-10-5-4-6-11-18)16-29-22(30)20-13-7-8-14-21(20)23(29)31/h4-8,10-11,13-14,19H,9,12,15-17H2,1-3H3,(H,27,32)(H,28,33)/t19-/m1/s1. The monoisotopic (exact) mass is 481 g/mol. The zero-order valence-corrected chi connectivity index (χ0v) is 20.2. The molecule has 35 heavy (non-hydrogen) atoms. The van der Waals surface area contributed by atoms with E-state index in [9.17, 15) is 19.2 Å². The van der Waals surface area contributed by atoms with Crippen LogP contribution >= 0.6 is 0 Å². The van der Waals surface area contributed by atoms with Crippen molar-refractivity contribution < 1.29 is 28.7 Å². The zero-order chi connectivity index (χ0) is 25.4. The highest BCUT2D eigenvalue weighted by atomic mass is 16.6. The Labute approximate surface area is 204 Å². The fourth-order valence-electron chi connectivity index (χ4n) is 3.62. The molecule has 1 atom stereocenters. The highest BCUT2D eigenvalue weighted by molar-refractivity contribution is 6.21. The average Bonchev–Trinajstić information content (AvgIpc) is 3.05. The maximum Gasteiger partial charge on any atom is 0.407 e. The molecule has 2 aromatic carbocycles. The Hall–Kier alpha value is -3.88. The van der Waals surface area contributed by atoms with Crippen molar-refractivity contribution >= 4 is 24.0 Å². The van der Waals surface area contributed by atoms with Gasteiger partial charge in [-0.1, -0.05) is 42.5 Å². The van der Waals surface area contributed by atoms with E-state index in [1.807, 2.05) is 30.3 Å². The third-order valence-corrected chi connectivity index (χ3v) is 5.21. The molecule has 1 aliphatic rings. The molecule has 0 saturated carbocycles. The maximum absolute atomic E-state index is 12.8. The third kappa shape index (κ3) is 7.56. The number of rotatable bonds is 9. The summed E-state index contributed by atoms with van der Waals surface area (Å²) in [4.78, 5) is 51.0. The van der Waals surface area contributed by atoms with Crippen LogP contribution in [0, 0.1) is 0 Å². The first-order chi connectivity index (χ1) is 16.6. The Bertz CT molecular complexity index is 1030. The number of nitrogens with one attached hydrogen (secondary N) is 2. The van der Waals surface area contributed by atoms with Crippen LogP contribution in [0.1, 0.15) is 59.9 Å². The van der Waals surface area contributed by atoms with Crippen LogP contribution in [0.25, 0.3) is 0 Å². The molecule has 1 aliphatic heterocycles. The minimum absolute atomic E-state index is 0.0147. The molecule has 4 amide bonds. The van der Waals surface area contributed by atoms with E-state index in [0.717, 1.165) is 10.5 Å². The highest BCUT2D eigenvalue weighted by Gasteiger charge is 2.36. The molecular weight excluding hydrogens is 450 g/mol. The maximum atomic E-state index is 12.8. The summed E-state index contributed by atoms with van der Waals surface area (Å²) in [7, 11) is 0. The molecule has 1 heterocycles. The lowest BCUT2D eigenvalue weighted by atomic mass is 10.1. The molecule has 3 rings (SSSR count). The number of imide groups is 1. The van der Waals surface area contributed by atoms with Crippen molar-refractivity contribution in [1.82, 2.24) is 15.5 Å². The van der Waals surface area contributed by atoms with Crippen molar-refractivity contribution in [3.05, 3.63) is 71.3 Å². The number of alkyl carbamates (subject to hydrolysis) is 2. The molecule has 0 saturated heterocycles. The Morgan fingerprint density at radius 3 is 2.11 bits per heavy atom. The van der Waals surface area contributed by atoms with Crippen LogP contribution in [0.4, 0.5) is 9.59 Å². The fourth-order valence-corrected chi connectivity index (χ4v) is 3.62. The van der Waals surface area contributed by atoms with Crippen LogP contribution < -0.4 is 10.6 Å². The Morgan fingerprint density at radius 2 is 1.51 bits per heavy atom. The largest absolute Gasteiger partial charge is 0.445 e. The summed E-state index contributed by atoms with van der Waals surface area (Å²) in [5.41, 5.74) is 0.910. The molecule has 186 valence electrons. The highest BCUT2D eigenvalue weighted by Crippen LogP contribution is 2.23. The molecule has 2 N–H and O–H groups in total. The normalized spacial score (nSPS) is 13.7. The van der Waals surface area contributed by atoms with Crippen molar-refractivity contribution in [1.29, 1.82) is 0 Å². The molecule has 9 heteroatoms. The smallest absolute Gasteiger partial charge is 0.407 e. The molecule has 0 unspecified atom stereocenters. The van der Waals surface area contributed by atoms with Gasteiger partial charge >= 0.3 is 12.2 Å². The van der Waals surface area contributed by atoms with Crippen LogP contribution in [0.15, 0.2) is 54.6 Å². The third-order valence-electron chi connectivity index (χ3n) is 5.21. The number of amides is 4. The van der Waals surface area contributed by atoms with E-state index in [1.54, 1.807) is 45.0 Å². The molecule has 0 bridgehead atoms. The first kappa shape index (κ1) is 25.7. The molecule has 9 nitrogen and oxygen atoms in total. The second-order valence-corrected chi connectivity index (χ2v) is 9.24. The van der Waals surface area contributed by atoms with Gasteiger partial charge in [-0.2, -0.15) is 0 Å². The number of carbonyl (C=O) groups is 4. The Kier molecular flexibility index (Phi) is 8.46. The lowest BCUT2D eigenvalue weighted by molar-refractivity contribution is 0.0526. The summed E-state index contributed by atoms with van der Waals surface area (Å²) in [6.45, 7) is 5.70. The molecule has 0 spiro atoms. The van der Waals surface area contributed by atoms with Gasteiger partial charge in [0, 0.05) is 13.1 Å². The van der Waals surface area contributed by atoms with Crippen molar-refractivity contribution in [2.45, 2.75) is 51.9 Å². The number of hydrogen-bond donors (Lipinski definition) is 2. The van der Waals surface area contributed by atoms with Gasteiger partial charge in [0.2, 0.25) is 0 Å². The van der Waals surface area contributed by atoms with Crippen molar-refractivity contribution in [3.8, 4) is 0 Å². The van der Waals surface area contributed by atoms with E-state index in [-0.39, 0.29) is 13.2 Å². The van der Waals surface area contributed by atoms with Gasteiger partial charge in [-0.25, -0.2) is 9.59 Å². The molecule has 0 radical (unpaired) electrons. The van der Waals surface area contributed by atoms with E-state index in [0.29, 0.717) is 30.5 Å². The second-order valence-electron chi connectivity index (χ2n) is 9.24. The van der Waals surface area contributed by atoms with Gasteiger partial charge in [-0.05, 0) is 51.3 Å². The lowest BCUT2D eigenvalue weighted by Crippen LogP contribution is -2.46. The predicted octanol–water partition coefficient (Wildman–Crippen LogP) is 3.88. The van der Waals surface area contributed by atoms with E-state index in [4.69, 9.17) is 9.47 Å². The molecule has 0 aliphatic carbocycles. The quantitative estimate of drug-likeness (QED) is 0.415. The van der Waals surface area contributed by atoms with E-state index < -0.39 is 35.6 Å². The number of ether oxygens (including phenoxy) is 2. The van der Waals surface area contributed by atoms with E-state index in [2.05, 4.69) is 10.6 Å². The van der Waals surface area contributed by atoms with Gasteiger partial charge in [0.05, 0.1) is 17.2 Å². The molecule has 2 aromatic rings. The first-order valence-corrected chi connectivity index (χ1v) is 11.5. The summed E-state index contributed by atoms with van der Waals surface area (Å²) in [5, 5.41) is 5.42. The number of nitrogens with zero attached hydrogens (tertiary/aromatic N) is 1. The number of hydrogen-bond acceptors (Lipinski definition) is 6. The van der Waals surface area contributed by atoms with Crippen LogP contribution in [-0.2, 0) is 16.1 Å². The van der Waals surface area contributed by atoms with Crippen molar-refractivity contribution in [3.63, 3.8) is 0 Å². The van der Waals surface area contributed by atoms with Crippen LogP contribution in [0.5, 0.6) is 0 Å². The number of carbonyl (C=O) groups excluding carboxylic acids is 4. The minimum Gasteiger partial charge on any atom is -0.445 e. The van der Waals surface area contributed by atoms with Gasteiger partial charge in [0.1, 0.15) is 12.2 Å². The number of fused-ring (bicyclic) bond motifs is 1. The summed E-state index contributed by atoms with van der Waals surface area (Å²) in [6.07, 6.45) is -0.324. The molecule has 0 aromatic heterocycles. The fraction of sp³-hybridized carbons (Fsp3) is 0.385. The van der Waals surface area contributed by atoms with Gasteiger partial charge in [0.15, 0.2) is 0 Å². The second kappa shape index (κ2) is 11.5. The van der Waals surface area contributed by atoms with Gasteiger partial charge in [-0.3, -0.25) is 14.5 Å². The summed E-state index contributed by atoms with van der Waals surface area (Å²) >= 11 is 0. The molecule has 0 fully saturated rings. The Morgan fingerprint density at radius 1 is 0.914 bits per heavy atom. The predicted molar refractivity (Wildman–Crippen MR) is 129 cm³/mol. The van der Waals surface area contributed by atoms with E-state index in [1.165, 1.54) is 0 Å². The van der Waals surface area contributed by atoms with Crippen LogP contribution in [0.2, 0.25) is 0 Å². The SMILES string of the molecule is CC(C)(C)OC(=O)NCCC[C@H](CN1C(=O)c2ccccc2C1=O)NC(=O)OCc1ccccc1. The van der Waals surface area contributed by atoms with Crippen molar-refractivity contribution in [2.24, 2.45) is 0 Å². The zero-order valence-electron chi connectivity index (χ0n) is 20.2. The summed E-state index contributed by atoms with van der Waals surface area (Å²) < 4.78 is 10.5. The first-order valence-electron chi connectivity index (χ1n) is 11.5. The lowest BCUT2D eigenvalue weighted by Gasteiger charge is -2.24. The minimum atomic E-state index is -0.657. The summed E-state index contributed by atoms with van der Waals surface area (Å²) in [6, 6.07) is 15.3. The molecular formula is C26H31N3O6. The van der Waals surface area contributed by atoms with Crippen LogP contribution in [-0.4, -0.2) is 53.6 Å². The van der Waals surface area contributed by atoms with Gasteiger partial charge in [-0.15, -0.1) is 0 Å². The van der Waals surface area contributed by atoms with Gasteiger partial charge in [0.25, 0.3) is 11.8 Å².